The quantitative estimate of drug-likeness (QED) is 0.0657. The van der Waals surface area contributed by atoms with Crippen LogP contribution in [0.25, 0.3) is 5.69 Å². The minimum Gasteiger partial charge on any atom is -0.493 e. The number of hydrogen-bond donors (Lipinski definition) is 2. The lowest BCUT2D eigenvalue weighted by Crippen LogP contribution is -2.46. The molecule has 6 rings (SSSR count). The molecule has 21 heteroatoms. The summed E-state index contributed by atoms with van der Waals surface area (Å²) in [5.74, 6) is 1.15. The lowest BCUT2D eigenvalue weighted by Gasteiger charge is -2.37. The van der Waals surface area contributed by atoms with Gasteiger partial charge in [0.2, 0.25) is 0 Å². The van der Waals surface area contributed by atoms with Crippen molar-refractivity contribution in [2.24, 2.45) is 5.92 Å². The molecule has 20 nitrogen and oxygen atoms in total. The number of phosphoric ester groups is 1. The van der Waals surface area contributed by atoms with E-state index in [9.17, 15) is 14.2 Å². The Morgan fingerprint density at radius 2 is 1.52 bits per heavy atom. The maximum Gasteiger partial charge on any atom is 0.508 e. The van der Waals surface area contributed by atoms with Crippen molar-refractivity contribution in [3.05, 3.63) is 78.0 Å². The Bertz CT molecular complexity index is 2020. The Kier molecular flexibility index (Phi) is 15.7. The molecule has 0 bridgehead atoms. The molecule has 2 aliphatic rings. The number of phosphoric acid groups is 1. The van der Waals surface area contributed by atoms with Gasteiger partial charge in [-0.1, -0.05) is 6.92 Å². The highest BCUT2D eigenvalue weighted by molar-refractivity contribution is 7.46. The molecule has 2 fully saturated rings. The van der Waals surface area contributed by atoms with E-state index in [1.54, 1.807) is 13.3 Å². The van der Waals surface area contributed by atoms with Crippen molar-refractivity contribution in [1.29, 1.82) is 0 Å². The highest BCUT2D eigenvalue weighted by Crippen LogP contribution is 2.35. The Labute approximate surface area is 348 Å². The van der Waals surface area contributed by atoms with Crippen LogP contribution in [0, 0.1) is 5.92 Å². The molecule has 4 aromatic rings. The van der Waals surface area contributed by atoms with E-state index in [0.29, 0.717) is 37.8 Å². The highest BCUT2D eigenvalue weighted by atomic mass is 31.2. The Morgan fingerprint density at radius 1 is 0.900 bits per heavy atom. The summed E-state index contributed by atoms with van der Waals surface area (Å²) in [7, 11) is -4.52. The molecule has 2 aromatic carbocycles. The summed E-state index contributed by atoms with van der Waals surface area (Å²) in [6.45, 7) is 11.1. The van der Waals surface area contributed by atoms with Gasteiger partial charge in [-0.3, -0.25) is 9.21 Å². The first-order valence-corrected chi connectivity index (χ1v) is 21.6. The summed E-state index contributed by atoms with van der Waals surface area (Å²) in [5.41, 5.74) is 2.24. The number of benzene rings is 2. The molecule has 0 radical (unpaired) electrons. The molecular weight excluding hydrogens is 803 g/mol. The van der Waals surface area contributed by atoms with Crippen molar-refractivity contribution < 1.29 is 52.1 Å². The summed E-state index contributed by atoms with van der Waals surface area (Å²) < 4.78 is 52.7. The first-order valence-electron chi connectivity index (χ1n) is 20.0. The Hall–Kier alpha value is -4.82. The van der Waals surface area contributed by atoms with Crippen molar-refractivity contribution in [1.82, 2.24) is 29.1 Å². The lowest BCUT2D eigenvalue weighted by molar-refractivity contribution is -0.0143. The fraction of sp³-hybridized carbons (Fsp3) is 0.564. The van der Waals surface area contributed by atoms with Crippen LogP contribution in [0.15, 0.2) is 72.3 Å². The highest BCUT2D eigenvalue weighted by Gasteiger charge is 2.37. The van der Waals surface area contributed by atoms with Crippen LogP contribution >= 0.6 is 7.82 Å². The predicted octanol–water partition coefficient (Wildman–Crippen LogP) is 3.46. The van der Waals surface area contributed by atoms with Crippen LogP contribution in [0.4, 0.5) is 16.2 Å². The molecule has 0 unspecified atom stereocenters. The number of hydrogen-bond acceptors (Lipinski definition) is 15. The summed E-state index contributed by atoms with van der Waals surface area (Å²) in [4.78, 5) is 51.8. The molecule has 60 heavy (non-hydrogen) atoms. The zero-order valence-electron chi connectivity index (χ0n) is 34.2. The van der Waals surface area contributed by atoms with Crippen LogP contribution in [0.5, 0.6) is 5.75 Å². The monoisotopic (exact) mass is 858 g/mol. The van der Waals surface area contributed by atoms with Gasteiger partial charge in [-0.05, 0) is 75.2 Å². The summed E-state index contributed by atoms with van der Waals surface area (Å²) in [6.07, 6.45) is 4.46. The van der Waals surface area contributed by atoms with Crippen LogP contribution in [0.2, 0.25) is 0 Å². The number of ether oxygens (including phenoxy) is 6. The van der Waals surface area contributed by atoms with Gasteiger partial charge >= 0.3 is 19.7 Å². The van der Waals surface area contributed by atoms with Crippen LogP contribution in [0.1, 0.15) is 39.7 Å². The van der Waals surface area contributed by atoms with Crippen LogP contribution in [0.3, 0.4) is 0 Å². The zero-order valence-corrected chi connectivity index (χ0v) is 35.1. The molecule has 2 N–H and O–H groups in total. The number of anilines is 2. The summed E-state index contributed by atoms with van der Waals surface area (Å²) in [5, 5.41) is 8.56. The van der Waals surface area contributed by atoms with Crippen LogP contribution < -0.4 is 20.2 Å². The SMILES string of the molecule is CC[C@@H]([C@H](C)OC(=O)OCCOCCOCCOP(=O)(O)O)n1ncn(-c2ccc(N3CCN(c4ccc(OC[C@@H]5CO[C@](C)(Cn6cncn6)C5)cc4)CC3)cc2)c1=O. The van der Waals surface area contributed by atoms with Gasteiger partial charge in [-0.15, -0.1) is 0 Å². The maximum atomic E-state index is 13.5. The average molecular weight is 859 g/mol. The number of aromatic nitrogens is 6. The number of nitrogens with zero attached hydrogens (tertiary/aromatic N) is 8. The van der Waals surface area contributed by atoms with E-state index in [1.165, 1.54) is 21.9 Å². The topological polar surface area (TPSA) is 216 Å². The summed E-state index contributed by atoms with van der Waals surface area (Å²) in [6, 6.07) is 15.6. The van der Waals surface area contributed by atoms with Crippen molar-refractivity contribution in [2.75, 3.05) is 88.8 Å². The fourth-order valence-corrected chi connectivity index (χ4v) is 7.66. The minimum absolute atomic E-state index is 0.0126. The normalized spacial score (nSPS) is 19.3. The number of rotatable bonds is 22. The molecule has 2 saturated heterocycles. The van der Waals surface area contributed by atoms with Crippen molar-refractivity contribution in [3.8, 4) is 11.4 Å². The minimum atomic E-state index is -4.52. The number of piperazine rings is 1. The van der Waals surface area contributed by atoms with Crippen molar-refractivity contribution >= 4 is 25.4 Å². The molecule has 2 aliphatic heterocycles. The largest absolute Gasteiger partial charge is 0.508 e. The molecule has 2 aromatic heterocycles. The van der Waals surface area contributed by atoms with E-state index >= 15 is 0 Å². The number of carbonyl (C=O) groups is 1. The van der Waals surface area contributed by atoms with Gasteiger partial charge in [0.15, 0.2) is 0 Å². The summed E-state index contributed by atoms with van der Waals surface area (Å²) >= 11 is 0. The Balaban J connectivity index is 0.898. The van der Waals surface area contributed by atoms with Gasteiger partial charge in [0, 0.05) is 43.5 Å². The van der Waals surface area contributed by atoms with E-state index in [1.807, 2.05) is 48.0 Å². The van der Waals surface area contributed by atoms with Gasteiger partial charge in [0.25, 0.3) is 0 Å². The lowest BCUT2D eigenvalue weighted by atomic mass is 9.96. The van der Waals surface area contributed by atoms with Crippen LogP contribution in [-0.4, -0.2) is 136 Å². The molecule has 0 spiro atoms. The van der Waals surface area contributed by atoms with Crippen molar-refractivity contribution in [3.63, 3.8) is 0 Å². The van der Waals surface area contributed by atoms with E-state index < -0.39 is 26.1 Å². The number of carbonyl (C=O) groups excluding carboxylic acids is 1. The van der Waals surface area contributed by atoms with Gasteiger partial charge in [0.05, 0.1) is 70.1 Å². The smallest absolute Gasteiger partial charge is 0.493 e. The van der Waals surface area contributed by atoms with E-state index in [2.05, 4.69) is 48.6 Å². The van der Waals surface area contributed by atoms with Crippen molar-refractivity contribution in [2.45, 2.75) is 57.9 Å². The van der Waals surface area contributed by atoms with Gasteiger partial charge in [-0.2, -0.15) is 10.2 Å². The molecule has 0 saturated carbocycles. The molecule has 0 aliphatic carbocycles. The van der Waals surface area contributed by atoms with E-state index in [4.69, 9.17) is 38.2 Å². The Morgan fingerprint density at radius 3 is 2.13 bits per heavy atom. The first-order chi connectivity index (χ1) is 28.9. The van der Waals surface area contributed by atoms with Gasteiger partial charge in [-0.25, -0.2) is 28.4 Å². The average Bonchev–Trinajstić information content (AvgIpc) is 3.98. The second kappa shape index (κ2) is 21.1. The maximum absolute atomic E-state index is 13.5. The third-order valence-corrected chi connectivity index (χ3v) is 10.9. The van der Waals surface area contributed by atoms with Gasteiger partial charge in [0.1, 0.15) is 37.4 Å². The predicted molar refractivity (Wildman–Crippen MR) is 218 cm³/mol. The van der Waals surface area contributed by atoms with Crippen LogP contribution in [-0.2, 0) is 39.3 Å². The molecule has 4 atom stereocenters. The van der Waals surface area contributed by atoms with Gasteiger partial charge < -0.3 is 48.0 Å². The van der Waals surface area contributed by atoms with E-state index in [0.717, 1.165) is 49.7 Å². The van der Waals surface area contributed by atoms with E-state index in [-0.39, 0.29) is 50.9 Å². The zero-order chi connectivity index (χ0) is 42.5. The molecule has 0 amide bonds. The molecule has 4 heterocycles. The molecule has 328 valence electrons. The second-order valence-corrected chi connectivity index (χ2v) is 16.1. The standard InChI is InChI=1S/C39H55N8O12P/c1-4-36(30(2)59-38(49)55-21-19-53-17-18-54-20-22-58-60(50,51)52)47-37(48)46(29-42-47)34-7-5-32(6-8-34)43-13-15-44(16-14-43)33-9-11-35(12-10-33)56-24-31-23-39(3,57-25-31)26-45-28-40-27-41-45/h5-12,27-31,36H,4,13-26H2,1-3H3,(H2,50,51,52)/t30-,31+,36-,39-/m0/s1. The fourth-order valence-electron chi connectivity index (χ4n) is 7.35. The third kappa shape index (κ3) is 12.8. The first kappa shape index (κ1) is 44.7. The molecular formula is C39H55N8O12P. The third-order valence-electron chi connectivity index (χ3n) is 10.4. The second-order valence-electron chi connectivity index (χ2n) is 14.9.